The summed E-state index contributed by atoms with van der Waals surface area (Å²) in [7, 11) is -2.50. The molecule has 0 aromatic carbocycles. The Morgan fingerprint density at radius 2 is 2.06 bits per heavy atom. The van der Waals surface area contributed by atoms with Crippen molar-refractivity contribution in [3.05, 3.63) is 16.3 Å². The summed E-state index contributed by atoms with van der Waals surface area (Å²) in [5, 5.41) is 12.2. The van der Waals surface area contributed by atoms with Crippen LogP contribution in [0.15, 0.2) is 16.3 Å². The van der Waals surface area contributed by atoms with Crippen molar-refractivity contribution < 1.29 is 23.1 Å². The summed E-state index contributed by atoms with van der Waals surface area (Å²) in [6, 6.07) is 0.111. The minimum absolute atomic E-state index is 0.0806. The highest BCUT2D eigenvalue weighted by atomic mass is 32.2. The van der Waals surface area contributed by atoms with Crippen molar-refractivity contribution in [2.45, 2.75) is 17.9 Å². The van der Waals surface area contributed by atoms with Gasteiger partial charge in [0.1, 0.15) is 4.88 Å². The molecule has 3 N–H and O–H groups in total. The van der Waals surface area contributed by atoms with Gasteiger partial charge in [0, 0.05) is 12.4 Å². The number of sulfonamides is 1. The number of carbonyl (C=O) groups is 2. The minimum atomic E-state index is -3.89. The molecule has 1 amide bonds. The lowest BCUT2D eigenvalue weighted by atomic mass is 10.3. The van der Waals surface area contributed by atoms with Crippen molar-refractivity contribution in [3.63, 3.8) is 0 Å². The number of thiophene rings is 1. The largest absolute Gasteiger partial charge is 0.477 e. The van der Waals surface area contributed by atoms with Crippen LogP contribution < -0.4 is 10.0 Å². The maximum Gasteiger partial charge on any atom is 0.345 e. The number of rotatable bonds is 5. The molecule has 0 saturated carbocycles. The van der Waals surface area contributed by atoms with Crippen LogP contribution in [-0.4, -0.2) is 38.5 Å². The topological polar surface area (TPSA) is 113 Å². The second kappa shape index (κ2) is 5.46. The van der Waals surface area contributed by atoms with Gasteiger partial charge < -0.3 is 10.4 Å². The smallest absolute Gasteiger partial charge is 0.345 e. The van der Waals surface area contributed by atoms with Gasteiger partial charge >= 0.3 is 5.97 Å². The molecule has 1 unspecified atom stereocenters. The van der Waals surface area contributed by atoms with Gasteiger partial charge in [0.05, 0.1) is 10.9 Å². The molecule has 1 atom stereocenters. The maximum atomic E-state index is 11.8. The van der Waals surface area contributed by atoms with Crippen LogP contribution in [0.4, 0.5) is 0 Å². The zero-order valence-electron chi connectivity index (χ0n) is 9.63. The summed E-state index contributed by atoms with van der Waals surface area (Å²) in [5.41, 5.74) is 0. The summed E-state index contributed by atoms with van der Waals surface area (Å²) in [5.74, 6) is -1.67. The predicted octanol–water partition coefficient (Wildman–Crippen LogP) is -0.141. The fourth-order valence-corrected chi connectivity index (χ4v) is 3.46. The van der Waals surface area contributed by atoms with E-state index >= 15 is 0 Å². The van der Waals surface area contributed by atoms with E-state index < -0.39 is 27.9 Å². The number of carboxylic acid groups (broad SMARTS) is 1. The molecule has 9 heteroatoms. The first-order valence-electron chi connectivity index (χ1n) is 4.83. The maximum absolute atomic E-state index is 11.8. The Hall–Kier alpha value is -1.45. The van der Waals surface area contributed by atoms with Crippen molar-refractivity contribution in [2.75, 3.05) is 7.05 Å². The van der Waals surface area contributed by atoms with Gasteiger partial charge in [0.2, 0.25) is 15.9 Å². The minimum Gasteiger partial charge on any atom is -0.477 e. The summed E-state index contributed by atoms with van der Waals surface area (Å²) < 4.78 is 25.8. The molecule has 100 valence electrons. The molecule has 0 spiro atoms. The molecular formula is C9H12N2O5S2. The van der Waals surface area contributed by atoms with Crippen LogP contribution in [0.3, 0.4) is 0 Å². The molecule has 18 heavy (non-hydrogen) atoms. The fraction of sp³-hybridized carbons (Fsp3) is 0.333. The average Bonchev–Trinajstić information content (AvgIpc) is 2.77. The standard InChI is InChI=1S/C9H12N2O5S2/c1-5(8(12)10-2)11-18(15,16)6-3-7(9(13)14)17-4-6/h3-5,11H,1-2H3,(H,10,12)(H,13,14). The SMILES string of the molecule is CNC(=O)C(C)NS(=O)(=O)c1csc(C(=O)O)c1. The molecule has 0 saturated heterocycles. The normalized spacial score (nSPS) is 13.0. The van der Waals surface area contributed by atoms with Crippen molar-refractivity contribution in [3.8, 4) is 0 Å². The third kappa shape index (κ3) is 3.28. The number of likely N-dealkylation sites (N-methyl/N-ethyl adjacent to an activating group) is 1. The monoisotopic (exact) mass is 292 g/mol. The Kier molecular flexibility index (Phi) is 4.43. The molecule has 0 bridgehead atoms. The van der Waals surface area contributed by atoms with Gasteiger partial charge in [-0.05, 0) is 13.0 Å². The van der Waals surface area contributed by atoms with Crippen molar-refractivity contribution in [2.24, 2.45) is 0 Å². The first-order chi connectivity index (χ1) is 8.27. The number of hydrogen-bond donors (Lipinski definition) is 3. The summed E-state index contributed by atoms with van der Waals surface area (Å²) in [6.45, 7) is 1.39. The second-order valence-electron chi connectivity index (χ2n) is 3.41. The molecule has 1 heterocycles. The van der Waals surface area contributed by atoms with Gasteiger partial charge in [0.25, 0.3) is 0 Å². The Labute approximate surface area is 108 Å². The zero-order valence-corrected chi connectivity index (χ0v) is 11.3. The zero-order chi connectivity index (χ0) is 13.9. The molecule has 1 aromatic heterocycles. The highest BCUT2D eigenvalue weighted by Crippen LogP contribution is 2.19. The number of hydrogen-bond acceptors (Lipinski definition) is 5. The van der Waals surface area contributed by atoms with Crippen LogP contribution in [0.1, 0.15) is 16.6 Å². The molecule has 0 aliphatic carbocycles. The number of aromatic carboxylic acids is 1. The van der Waals surface area contributed by atoms with E-state index in [1.807, 2.05) is 0 Å². The molecule has 1 aromatic rings. The van der Waals surface area contributed by atoms with E-state index in [1.165, 1.54) is 19.4 Å². The van der Waals surface area contributed by atoms with Crippen LogP contribution in [0.2, 0.25) is 0 Å². The van der Waals surface area contributed by atoms with E-state index in [4.69, 9.17) is 5.11 Å². The summed E-state index contributed by atoms with van der Waals surface area (Å²) in [4.78, 5) is 21.6. The Morgan fingerprint density at radius 1 is 1.44 bits per heavy atom. The molecule has 0 aliphatic heterocycles. The first kappa shape index (κ1) is 14.6. The third-order valence-corrected chi connectivity index (χ3v) is 4.66. The number of carboxylic acids is 1. The third-order valence-electron chi connectivity index (χ3n) is 2.07. The van der Waals surface area contributed by atoms with E-state index in [0.29, 0.717) is 0 Å². The van der Waals surface area contributed by atoms with Crippen LogP contribution >= 0.6 is 11.3 Å². The molecule has 0 radical (unpaired) electrons. The lowest BCUT2D eigenvalue weighted by molar-refractivity contribution is -0.121. The molecule has 0 aliphatic rings. The van der Waals surface area contributed by atoms with Crippen LogP contribution in [0.25, 0.3) is 0 Å². The van der Waals surface area contributed by atoms with E-state index in [-0.39, 0.29) is 9.77 Å². The van der Waals surface area contributed by atoms with Crippen LogP contribution in [-0.2, 0) is 14.8 Å². The van der Waals surface area contributed by atoms with E-state index in [9.17, 15) is 18.0 Å². The van der Waals surface area contributed by atoms with Gasteiger partial charge in [-0.15, -0.1) is 11.3 Å². The Balaban J connectivity index is 2.92. The summed E-state index contributed by atoms with van der Waals surface area (Å²) in [6.07, 6.45) is 0. The highest BCUT2D eigenvalue weighted by molar-refractivity contribution is 7.89. The predicted molar refractivity (Wildman–Crippen MR) is 65.1 cm³/mol. The van der Waals surface area contributed by atoms with Crippen molar-refractivity contribution in [1.82, 2.24) is 10.0 Å². The average molecular weight is 292 g/mol. The van der Waals surface area contributed by atoms with Crippen LogP contribution in [0.5, 0.6) is 0 Å². The van der Waals surface area contributed by atoms with E-state index in [2.05, 4.69) is 10.0 Å². The fourth-order valence-electron chi connectivity index (χ4n) is 1.14. The molecular weight excluding hydrogens is 280 g/mol. The quantitative estimate of drug-likeness (QED) is 0.699. The Morgan fingerprint density at radius 3 is 2.50 bits per heavy atom. The lowest BCUT2D eigenvalue weighted by Crippen LogP contribution is -2.43. The Bertz CT molecular complexity index is 563. The first-order valence-corrected chi connectivity index (χ1v) is 7.20. The van der Waals surface area contributed by atoms with Gasteiger partial charge in [0.15, 0.2) is 0 Å². The lowest BCUT2D eigenvalue weighted by Gasteiger charge is -2.11. The van der Waals surface area contributed by atoms with Gasteiger partial charge in [-0.2, -0.15) is 4.72 Å². The highest BCUT2D eigenvalue weighted by Gasteiger charge is 2.23. The summed E-state index contributed by atoms with van der Waals surface area (Å²) >= 11 is 0.806. The van der Waals surface area contributed by atoms with Crippen molar-refractivity contribution >= 4 is 33.2 Å². The second-order valence-corrected chi connectivity index (χ2v) is 6.03. The van der Waals surface area contributed by atoms with E-state index in [0.717, 1.165) is 17.4 Å². The van der Waals surface area contributed by atoms with E-state index in [1.54, 1.807) is 0 Å². The van der Waals surface area contributed by atoms with Crippen LogP contribution in [0, 0.1) is 0 Å². The molecule has 1 rings (SSSR count). The molecule has 7 nitrogen and oxygen atoms in total. The number of nitrogens with one attached hydrogen (secondary N) is 2. The van der Waals surface area contributed by atoms with Gasteiger partial charge in [-0.3, -0.25) is 4.79 Å². The van der Waals surface area contributed by atoms with Crippen molar-refractivity contribution in [1.29, 1.82) is 0 Å². The molecule has 0 fully saturated rings. The van der Waals surface area contributed by atoms with Gasteiger partial charge in [-0.25, -0.2) is 13.2 Å². The number of carbonyl (C=O) groups excluding carboxylic acids is 1. The van der Waals surface area contributed by atoms with Gasteiger partial charge in [-0.1, -0.05) is 0 Å². The number of amides is 1.